The van der Waals surface area contributed by atoms with Crippen molar-refractivity contribution in [1.82, 2.24) is 9.97 Å². The largest absolute Gasteiger partial charge is 0.469 e. The molecule has 0 amide bonds. The Morgan fingerprint density at radius 2 is 1.55 bits per heavy atom. The number of fused-ring (bicyclic) bond motifs is 2. The number of hydrogen-bond donors (Lipinski definition) is 2. The molecule has 0 aliphatic carbocycles. The third-order valence-corrected chi connectivity index (χ3v) is 9.04. The van der Waals surface area contributed by atoms with E-state index >= 15 is 0 Å². The minimum absolute atomic E-state index is 0.00917. The second-order valence-corrected chi connectivity index (χ2v) is 11.6. The summed E-state index contributed by atoms with van der Waals surface area (Å²) < 4.78 is 7.02. The van der Waals surface area contributed by atoms with Crippen molar-refractivity contribution in [2.24, 2.45) is 0 Å². The molecule has 0 atom stereocenters. The van der Waals surface area contributed by atoms with E-state index in [1.54, 1.807) is 38.9 Å². The average molecular weight is 535 g/mol. The summed E-state index contributed by atoms with van der Waals surface area (Å²) >= 11 is 7.38. The summed E-state index contributed by atoms with van der Waals surface area (Å²) in [7, 11) is 4.50. The van der Waals surface area contributed by atoms with Gasteiger partial charge in [0, 0.05) is 10.4 Å². The van der Waals surface area contributed by atoms with Crippen LogP contribution in [0.3, 0.4) is 0 Å². The van der Waals surface area contributed by atoms with Crippen molar-refractivity contribution < 1.29 is 14.3 Å². The van der Waals surface area contributed by atoms with Crippen molar-refractivity contribution >= 4 is 87.8 Å². The molecule has 168 valence electrons. The number of carbonyl (C=O) groups excluding carboxylic acids is 2. The maximum Gasteiger partial charge on any atom is 0.313 e. The second-order valence-electron chi connectivity index (χ2n) is 6.62. The lowest BCUT2D eigenvalue weighted by Crippen LogP contribution is -2.09. The lowest BCUT2D eigenvalue weighted by atomic mass is 10.1. The van der Waals surface area contributed by atoms with Crippen LogP contribution in [0.1, 0.15) is 16.8 Å². The van der Waals surface area contributed by atoms with E-state index < -0.39 is 5.97 Å². The van der Waals surface area contributed by atoms with Crippen LogP contribution in [-0.2, 0) is 9.53 Å². The maximum atomic E-state index is 11.7. The van der Waals surface area contributed by atoms with Crippen molar-refractivity contribution in [3.8, 4) is 10.4 Å². The number of rotatable bonds is 4. The molecule has 2 aromatic carbocycles. The monoisotopic (exact) mass is 534 g/mol. The molecule has 5 rings (SSSR count). The van der Waals surface area contributed by atoms with Gasteiger partial charge in [0.2, 0.25) is 0 Å². The fourth-order valence-electron chi connectivity index (χ4n) is 2.90. The topological polar surface area (TPSA) is 109 Å². The van der Waals surface area contributed by atoms with Gasteiger partial charge in [-0.1, -0.05) is 61.6 Å². The number of nitrogens with one attached hydrogen (secondary N) is 2. The molecule has 0 saturated carbocycles. The number of thiazole rings is 2. The quantitative estimate of drug-likeness (QED) is 0.104. The van der Waals surface area contributed by atoms with Crippen molar-refractivity contribution in [3.63, 3.8) is 0 Å². The van der Waals surface area contributed by atoms with Crippen LogP contribution in [0.25, 0.3) is 30.9 Å². The van der Waals surface area contributed by atoms with Gasteiger partial charge in [-0.15, -0.1) is 0 Å². The molecule has 0 spiro atoms. The van der Waals surface area contributed by atoms with E-state index in [1.807, 2.05) is 24.3 Å². The molecule has 2 N–H and O–H groups in total. The summed E-state index contributed by atoms with van der Waals surface area (Å²) in [4.78, 5) is 51.4. The summed E-state index contributed by atoms with van der Waals surface area (Å²) in [6.07, 6.45) is -0.290. The third-order valence-electron chi connectivity index (χ3n) is 4.44. The molecule has 0 unspecified atom stereocenters. The third kappa shape index (κ3) is 5.60. The molecule has 12 heteroatoms. The molecular weight excluding hydrogens is 521 g/mol. The van der Waals surface area contributed by atoms with Crippen molar-refractivity contribution in [1.29, 1.82) is 0 Å². The van der Waals surface area contributed by atoms with Gasteiger partial charge in [-0.2, -0.15) is 0 Å². The van der Waals surface area contributed by atoms with Crippen LogP contribution in [0.15, 0.2) is 52.1 Å². The molecule has 0 bridgehead atoms. The first-order valence-corrected chi connectivity index (χ1v) is 13.5. The maximum absolute atomic E-state index is 11.7. The van der Waals surface area contributed by atoms with Crippen LogP contribution in [0.4, 0.5) is 0 Å². The van der Waals surface area contributed by atoms with Crippen molar-refractivity contribution in [2.75, 3.05) is 7.11 Å². The molecule has 3 heterocycles. The summed E-state index contributed by atoms with van der Waals surface area (Å²) in [5, 5.41) is 0. The fourth-order valence-corrected chi connectivity index (χ4v) is 6.84. The highest BCUT2D eigenvalue weighted by atomic mass is 32.9. The van der Waals surface area contributed by atoms with Gasteiger partial charge in [0.1, 0.15) is 10.2 Å². The van der Waals surface area contributed by atoms with Gasteiger partial charge in [-0.25, -0.2) is 0 Å². The molecule has 7 nitrogen and oxygen atoms in total. The summed E-state index contributed by atoms with van der Waals surface area (Å²) in [6.45, 7) is 0. The Balaban J connectivity index is 0.000000157. The molecule has 0 saturated heterocycles. The zero-order valence-electron chi connectivity index (χ0n) is 16.8. The lowest BCUT2D eigenvalue weighted by Gasteiger charge is -1.99. The molecule has 0 aliphatic heterocycles. The van der Waals surface area contributed by atoms with E-state index in [0.29, 0.717) is 15.8 Å². The SMILES string of the molecule is COC(=O)CC(=O)c1ccc2[nH]c(=O)sc2c1.O=c1[nH]c2ccc(-c3cc(=S)ss3)cc2s1. The van der Waals surface area contributed by atoms with Crippen LogP contribution in [0, 0.1) is 3.82 Å². The van der Waals surface area contributed by atoms with Gasteiger partial charge in [0.15, 0.2) is 5.78 Å². The van der Waals surface area contributed by atoms with Crippen LogP contribution in [0.2, 0.25) is 0 Å². The minimum Gasteiger partial charge on any atom is -0.469 e. The molecular formula is C21H14N2O5S5. The molecule has 33 heavy (non-hydrogen) atoms. The van der Waals surface area contributed by atoms with Gasteiger partial charge in [-0.3, -0.25) is 19.2 Å². The Bertz CT molecular complexity index is 1650. The molecule has 5 aromatic rings. The Labute approximate surface area is 206 Å². The number of ether oxygens (including phenoxy) is 1. The number of carbonyl (C=O) groups is 2. The van der Waals surface area contributed by atoms with E-state index in [0.717, 1.165) is 35.8 Å². The first-order chi connectivity index (χ1) is 15.8. The van der Waals surface area contributed by atoms with Gasteiger partial charge in [0.05, 0.1) is 27.5 Å². The number of Topliss-reactive ketones (excluding diaryl/α,β-unsaturated/α-hetero) is 1. The highest BCUT2D eigenvalue weighted by Crippen LogP contribution is 2.31. The zero-order valence-corrected chi connectivity index (χ0v) is 20.9. The standard InChI is InChI=1S/C11H9NO4S.C10H5NOS4/c1-16-10(14)5-8(13)6-2-3-7-9(4-6)17-11(15)12-7;12-10-11-6-2-1-5(3-8(6)14-10)7-4-9(13)16-15-7/h2-4H,5H2,1H3,(H,12,15);1-4H,(H,11,12). The molecule has 3 aromatic heterocycles. The number of methoxy groups -OCH3 is 1. The Kier molecular flexibility index (Phi) is 7.10. The molecule has 0 aliphatic rings. The fraction of sp³-hybridized carbons (Fsp3) is 0.0952. The van der Waals surface area contributed by atoms with E-state index in [1.165, 1.54) is 18.4 Å². The van der Waals surface area contributed by atoms with Crippen LogP contribution >= 0.6 is 55.6 Å². The van der Waals surface area contributed by atoms with Gasteiger partial charge < -0.3 is 14.7 Å². The zero-order chi connectivity index (χ0) is 23.5. The predicted molar refractivity (Wildman–Crippen MR) is 138 cm³/mol. The summed E-state index contributed by atoms with van der Waals surface area (Å²) in [5.74, 6) is -0.892. The first-order valence-electron chi connectivity index (χ1n) is 9.28. The first kappa shape index (κ1) is 23.4. The predicted octanol–water partition coefficient (Wildman–Crippen LogP) is 5.44. The number of ketones is 1. The van der Waals surface area contributed by atoms with E-state index in [-0.39, 0.29) is 21.9 Å². The molecule has 0 fully saturated rings. The number of aromatic amines is 2. The van der Waals surface area contributed by atoms with Crippen LogP contribution in [-0.4, -0.2) is 28.8 Å². The summed E-state index contributed by atoms with van der Waals surface area (Å²) in [6, 6.07) is 12.8. The van der Waals surface area contributed by atoms with Gasteiger partial charge in [0.25, 0.3) is 0 Å². The number of benzene rings is 2. The lowest BCUT2D eigenvalue weighted by molar-refractivity contribution is -0.139. The normalized spacial score (nSPS) is 10.7. The number of hydrogen-bond acceptors (Lipinski definition) is 10. The smallest absolute Gasteiger partial charge is 0.313 e. The minimum atomic E-state index is -0.572. The Morgan fingerprint density at radius 1 is 0.909 bits per heavy atom. The number of H-pyrrole nitrogens is 2. The van der Waals surface area contributed by atoms with E-state index in [4.69, 9.17) is 12.2 Å². The van der Waals surface area contributed by atoms with Crippen LogP contribution in [0.5, 0.6) is 0 Å². The number of esters is 1. The second kappa shape index (κ2) is 10.0. The number of aromatic nitrogens is 2. The highest BCUT2D eigenvalue weighted by Gasteiger charge is 2.13. The van der Waals surface area contributed by atoms with Crippen LogP contribution < -0.4 is 9.75 Å². The van der Waals surface area contributed by atoms with E-state index in [9.17, 15) is 19.2 Å². The summed E-state index contributed by atoms with van der Waals surface area (Å²) in [5.41, 5.74) is 3.12. The molecule has 0 radical (unpaired) electrons. The van der Waals surface area contributed by atoms with Gasteiger partial charge in [-0.05, 0) is 42.0 Å². The Hall–Kier alpha value is -2.77. The Morgan fingerprint density at radius 3 is 2.15 bits per heavy atom. The van der Waals surface area contributed by atoms with Crippen molar-refractivity contribution in [3.05, 3.63) is 71.2 Å². The van der Waals surface area contributed by atoms with Gasteiger partial charge >= 0.3 is 15.7 Å². The van der Waals surface area contributed by atoms with Crippen molar-refractivity contribution in [2.45, 2.75) is 6.42 Å². The van der Waals surface area contributed by atoms with E-state index in [2.05, 4.69) is 14.7 Å². The highest BCUT2D eigenvalue weighted by molar-refractivity contribution is 7.80. The average Bonchev–Trinajstić information content (AvgIpc) is 3.49.